The molecule has 0 aliphatic rings. The normalized spacial score (nSPS) is 12.2. The lowest BCUT2D eigenvalue weighted by atomic mass is 10.2. The number of hydrogen-bond donors (Lipinski definition) is 1. The van der Waals surface area contributed by atoms with Gasteiger partial charge in [-0.25, -0.2) is 0 Å². The summed E-state index contributed by atoms with van der Waals surface area (Å²) in [6, 6.07) is 5.99. The molecule has 0 saturated heterocycles. The number of hydrogen-bond acceptors (Lipinski definition) is 3. The minimum absolute atomic E-state index is 0.187. The lowest BCUT2D eigenvalue weighted by molar-refractivity contribution is -0.274. The molecular weight excluding hydrogens is 281 g/mol. The number of ether oxygens (including phenoxy) is 1. The molecule has 0 aliphatic heterocycles. The van der Waals surface area contributed by atoms with Gasteiger partial charge in [0.2, 0.25) is 0 Å². The van der Waals surface area contributed by atoms with Crippen LogP contribution in [0.2, 0.25) is 0 Å². The van der Waals surface area contributed by atoms with Crippen molar-refractivity contribution in [1.82, 2.24) is 10.2 Å². The van der Waals surface area contributed by atoms with Crippen molar-refractivity contribution in [2.75, 3.05) is 26.7 Å². The average molecular weight is 304 g/mol. The van der Waals surface area contributed by atoms with Crippen LogP contribution in [0.15, 0.2) is 24.3 Å². The first-order chi connectivity index (χ1) is 9.76. The Bertz CT molecular complexity index is 404. The van der Waals surface area contributed by atoms with Crippen molar-refractivity contribution in [2.24, 2.45) is 5.92 Å². The van der Waals surface area contributed by atoms with Crippen molar-refractivity contribution in [1.29, 1.82) is 0 Å². The third kappa shape index (κ3) is 8.57. The molecule has 0 fully saturated rings. The van der Waals surface area contributed by atoms with Crippen molar-refractivity contribution >= 4 is 0 Å². The summed E-state index contributed by atoms with van der Waals surface area (Å²) >= 11 is 0. The molecule has 0 saturated carbocycles. The second-order valence-electron chi connectivity index (χ2n) is 5.53. The monoisotopic (exact) mass is 304 g/mol. The number of halogens is 3. The average Bonchev–Trinajstić information content (AvgIpc) is 2.35. The Morgan fingerprint density at radius 1 is 1.19 bits per heavy atom. The van der Waals surface area contributed by atoms with Gasteiger partial charge in [-0.3, -0.25) is 0 Å². The molecule has 0 aromatic heterocycles. The summed E-state index contributed by atoms with van der Waals surface area (Å²) in [7, 11) is 1.98. The quantitative estimate of drug-likeness (QED) is 0.746. The Hall–Kier alpha value is -1.27. The van der Waals surface area contributed by atoms with E-state index in [-0.39, 0.29) is 5.75 Å². The van der Waals surface area contributed by atoms with Gasteiger partial charge in [0.25, 0.3) is 0 Å². The number of nitrogens with zero attached hydrogens (tertiary/aromatic N) is 1. The van der Waals surface area contributed by atoms with E-state index in [1.807, 2.05) is 7.05 Å². The summed E-state index contributed by atoms with van der Waals surface area (Å²) in [5.74, 6) is 0.434. The third-order valence-electron chi connectivity index (χ3n) is 2.83. The van der Waals surface area contributed by atoms with E-state index in [1.54, 1.807) is 12.1 Å². The molecule has 1 aromatic carbocycles. The number of nitrogens with one attached hydrogen (secondary N) is 1. The van der Waals surface area contributed by atoms with Crippen LogP contribution in [-0.4, -0.2) is 37.9 Å². The Kier molecular flexibility index (Phi) is 6.98. The van der Waals surface area contributed by atoms with Crippen molar-refractivity contribution in [3.8, 4) is 5.75 Å². The largest absolute Gasteiger partial charge is 0.573 e. The van der Waals surface area contributed by atoms with E-state index in [0.717, 1.165) is 25.2 Å². The predicted molar refractivity (Wildman–Crippen MR) is 77.2 cm³/mol. The van der Waals surface area contributed by atoms with Crippen molar-refractivity contribution in [2.45, 2.75) is 26.8 Å². The second-order valence-corrected chi connectivity index (χ2v) is 5.53. The first kappa shape index (κ1) is 17.8. The van der Waals surface area contributed by atoms with Crippen LogP contribution >= 0.6 is 0 Å². The molecule has 120 valence electrons. The van der Waals surface area contributed by atoms with E-state index < -0.39 is 6.36 Å². The molecule has 6 heteroatoms. The molecule has 0 amide bonds. The third-order valence-corrected chi connectivity index (χ3v) is 2.83. The molecule has 21 heavy (non-hydrogen) atoms. The van der Waals surface area contributed by atoms with E-state index in [4.69, 9.17) is 0 Å². The van der Waals surface area contributed by atoms with Crippen LogP contribution in [0.4, 0.5) is 13.2 Å². The summed E-state index contributed by atoms with van der Waals surface area (Å²) in [5, 5.41) is 3.35. The number of likely N-dealkylation sites (N-methyl/N-ethyl adjacent to an activating group) is 1. The number of rotatable bonds is 8. The predicted octanol–water partition coefficient (Wildman–Crippen LogP) is 3.26. The van der Waals surface area contributed by atoms with Gasteiger partial charge < -0.3 is 15.0 Å². The molecular formula is C15H23F3N2O. The molecule has 0 spiro atoms. The van der Waals surface area contributed by atoms with Crippen LogP contribution in [0.5, 0.6) is 5.75 Å². The zero-order valence-corrected chi connectivity index (χ0v) is 12.7. The van der Waals surface area contributed by atoms with Crippen molar-refractivity contribution in [3.63, 3.8) is 0 Å². The van der Waals surface area contributed by atoms with E-state index in [1.165, 1.54) is 12.1 Å². The standard InChI is InChI=1S/C15H23F3N2O/c1-12(2)10-19-8-9-20(3)11-13-4-6-14(7-5-13)21-15(16,17)18/h4-7,12,19H,8-11H2,1-3H3. The zero-order chi connectivity index (χ0) is 15.9. The minimum Gasteiger partial charge on any atom is -0.406 e. The highest BCUT2D eigenvalue weighted by molar-refractivity contribution is 5.27. The molecule has 1 N–H and O–H groups in total. The van der Waals surface area contributed by atoms with E-state index in [9.17, 15) is 13.2 Å². The van der Waals surface area contributed by atoms with Gasteiger partial charge in [0.1, 0.15) is 5.75 Å². The highest BCUT2D eigenvalue weighted by Crippen LogP contribution is 2.22. The molecule has 0 radical (unpaired) electrons. The van der Waals surface area contributed by atoms with Gasteiger partial charge in [-0.05, 0) is 37.2 Å². The molecule has 1 aromatic rings. The van der Waals surface area contributed by atoms with Crippen molar-refractivity contribution < 1.29 is 17.9 Å². The smallest absolute Gasteiger partial charge is 0.406 e. The fourth-order valence-corrected chi connectivity index (χ4v) is 1.85. The first-order valence-electron chi connectivity index (χ1n) is 7.00. The summed E-state index contributed by atoms with van der Waals surface area (Å²) in [5.41, 5.74) is 0.955. The molecule has 0 aliphatic carbocycles. The number of benzene rings is 1. The maximum absolute atomic E-state index is 12.0. The molecule has 0 atom stereocenters. The van der Waals surface area contributed by atoms with Crippen LogP contribution in [0, 0.1) is 5.92 Å². The van der Waals surface area contributed by atoms with Crippen molar-refractivity contribution in [3.05, 3.63) is 29.8 Å². The van der Waals surface area contributed by atoms with Gasteiger partial charge in [0.15, 0.2) is 0 Å². The Morgan fingerprint density at radius 3 is 2.33 bits per heavy atom. The fourth-order valence-electron chi connectivity index (χ4n) is 1.85. The van der Waals surface area contributed by atoms with Crippen LogP contribution in [-0.2, 0) is 6.54 Å². The van der Waals surface area contributed by atoms with E-state index >= 15 is 0 Å². The second kappa shape index (κ2) is 8.24. The maximum atomic E-state index is 12.0. The summed E-state index contributed by atoms with van der Waals surface area (Å²) < 4.78 is 40.0. The lowest BCUT2D eigenvalue weighted by Gasteiger charge is -2.18. The lowest BCUT2D eigenvalue weighted by Crippen LogP contribution is -2.30. The van der Waals surface area contributed by atoms with Gasteiger partial charge in [-0.1, -0.05) is 26.0 Å². The van der Waals surface area contributed by atoms with Gasteiger partial charge in [-0.15, -0.1) is 13.2 Å². The zero-order valence-electron chi connectivity index (χ0n) is 12.7. The van der Waals surface area contributed by atoms with Gasteiger partial charge >= 0.3 is 6.36 Å². The summed E-state index contributed by atoms with van der Waals surface area (Å²) in [4.78, 5) is 2.12. The Morgan fingerprint density at radius 2 is 1.81 bits per heavy atom. The maximum Gasteiger partial charge on any atom is 0.573 e. The highest BCUT2D eigenvalue weighted by Gasteiger charge is 2.30. The van der Waals surface area contributed by atoms with Gasteiger partial charge in [0, 0.05) is 19.6 Å². The molecule has 0 heterocycles. The summed E-state index contributed by atoms with van der Waals surface area (Å²) in [6.45, 7) is 7.76. The Balaban J connectivity index is 2.34. The summed E-state index contributed by atoms with van der Waals surface area (Å²) in [6.07, 6.45) is -4.64. The van der Waals surface area contributed by atoms with Crippen LogP contribution in [0.25, 0.3) is 0 Å². The molecule has 0 bridgehead atoms. The van der Waals surface area contributed by atoms with E-state index in [2.05, 4.69) is 28.8 Å². The van der Waals surface area contributed by atoms with E-state index in [0.29, 0.717) is 12.5 Å². The SMILES string of the molecule is CC(C)CNCCN(C)Cc1ccc(OC(F)(F)F)cc1. The molecule has 0 unspecified atom stereocenters. The van der Waals surface area contributed by atoms with Gasteiger partial charge in [0.05, 0.1) is 0 Å². The Labute approximate surface area is 124 Å². The minimum atomic E-state index is -4.64. The number of alkyl halides is 3. The van der Waals surface area contributed by atoms with Crippen LogP contribution in [0.3, 0.4) is 0 Å². The topological polar surface area (TPSA) is 24.5 Å². The van der Waals surface area contributed by atoms with Gasteiger partial charge in [-0.2, -0.15) is 0 Å². The fraction of sp³-hybridized carbons (Fsp3) is 0.600. The van der Waals surface area contributed by atoms with Crippen LogP contribution in [0.1, 0.15) is 19.4 Å². The van der Waals surface area contributed by atoms with Crippen LogP contribution < -0.4 is 10.1 Å². The molecule has 3 nitrogen and oxygen atoms in total. The molecule has 1 rings (SSSR count). The first-order valence-corrected chi connectivity index (χ1v) is 7.00. The highest BCUT2D eigenvalue weighted by atomic mass is 19.4.